The van der Waals surface area contributed by atoms with Gasteiger partial charge in [-0.05, 0) is 46.5 Å². The summed E-state index contributed by atoms with van der Waals surface area (Å²) in [6.07, 6.45) is 3.83. The van der Waals surface area contributed by atoms with E-state index in [0.717, 1.165) is 25.6 Å². The molecule has 0 aromatic carbocycles. The standard InChI is InChI=1S/C19H35N2O3P/c1-14(2)21(15(3)4)25(10-8-7-9-20)24-18-17-16(5)11-19(18,12-22-6)13-23-17/h14-18H,7-8,10-13H2,1-6H3. The number of rotatable bonds is 10. The summed E-state index contributed by atoms with van der Waals surface area (Å²) in [5.41, 5.74) is -0.00568. The summed E-state index contributed by atoms with van der Waals surface area (Å²) >= 11 is 0. The number of nitriles is 1. The lowest BCUT2D eigenvalue weighted by Crippen LogP contribution is -2.40. The van der Waals surface area contributed by atoms with E-state index in [1.807, 2.05) is 0 Å². The van der Waals surface area contributed by atoms with Gasteiger partial charge in [0.2, 0.25) is 0 Å². The summed E-state index contributed by atoms with van der Waals surface area (Å²) in [5.74, 6) is 0.511. The van der Waals surface area contributed by atoms with Gasteiger partial charge in [0.15, 0.2) is 0 Å². The molecule has 1 heterocycles. The number of hydrogen-bond acceptors (Lipinski definition) is 5. The minimum absolute atomic E-state index is 0.00568. The van der Waals surface area contributed by atoms with Crippen LogP contribution in [-0.2, 0) is 14.0 Å². The van der Waals surface area contributed by atoms with E-state index in [2.05, 4.69) is 45.4 Å². The molecule has 0 N–H and O–H groups in total. The molecule has 1 aliphatic heterocycles. The fraction of sp³-hybridized carbons (Fsp3) is 0.947. The molecule has 0 amide bonds. The first kappa shape index (κ1) is 21.1. The lowest BCUT2D eigenvalue weighted by atomic mass is 9.86. The third kappa shape index (κ3) is 4.54. The Balaban J connectivity index is 2.18. The molecule has 2 rings (SSSR count). The van der Waals surface area contributed by atoms with Crippen molar-refractivity contribution in [3.8, 4) is 6.07 Å². The van der Waals surface area contributed by atoms with Gasteiger partial charge >= 0.3 is 0 Å². The van der Waals surface area contributed by atoms with Crippen LogP contribution in [0.25, 0.3) is 0 Å². The average molecular weight is 370 g/mol. The molecule has 2 bridgehead atoms. The number of methoxy groups -OCH3 is 1. The highest BCUT2D eigenvalue weighted by Crippen LogP contribution is 2.57. The van der Waals surface area contributed by atoms with Crippen LogP contribution in [0.15, 0.2) is 0 Å². The van der Waals surface area contributed by atoms with Crippen molar-refractivity contribution in [2.45, 2.75) is 78.2 Å². The van der Waals surface area contributed by atoms with Crippen LogP contribution < -0.4 is 0 Å². The quantitative estimate of drug-likeness (QED) is 0.427. The molecule has 5 atom stereocenters. The zero-order chi connectivity index (χ0) is 18.6. The molecule has 0 aromatic rings. The van der Waals surface area contributed by atoms with Crippen LogP contribution in [0.1, 0.15) is 53.9 Å². The van der Waals surface area contributed by atoms with E-state index >= 15 is 0 Å². The number of fused-ring (bicyclic) bond motifs is 2. The van der Waals surface area contributed by atoms with Gasteiger partial charge in [0.25, 0.3) is 0 Å². The summed E-state index contributed by atoms with van der Waals surface area (Å²) in [6.45, 7) is 12.6. The van der Waals surface area contributed by atoms with Gasteiger partial charge in [-0.25, -0.2) is 0 Å². The Hall–Kier alpha value is -0.240. The molecule has 2 aliphatic rings. The lowest BCUT2D eigenvalue weighted by molar-refractivity contribution is -0.0110. The van der Waals surface area contributed by atoms with Crippen LogP contribution in [0.4, 0.5) is 0 Å². The first-order chi connectivity index (χ1) is 11.9. The molecular weight excluding hydrogens is 335 g/mol. The van der Waals surface area contributed by atoms with Gasteiger partial charge in [-0.2, -0.15) is 5.26 Å². The molecule has 0 aromatic heterocycles. The van der Waals surface area contributed by atoms with E-state index < -0.39 is 8.30 Å². The number of ether oxygens (including phenoxy) is 2. The zero-order valence-electron chi connectivity index (χ0n) is 16.7. The van der Waals surface area contributed by atoms with Crippen LogP contribution in [0.2, 0.25) is 0 Å². The third-order valence-corrected chi connectivity index (χ3v) is 7.98. The topological polar surface area (TPSA) is 54.7 Å². The monoisotopic (exact) mass is 370 g/mol. The van der Waals surface area contributed by atoms with Gasteiger partial charge in [0, 0.05) is 37.2 Å². The van der Waals surface area contributed by atoms with Crippen molar-refractivity contribution in [3.05, 3.63) is 0 Å². The van der Waals surface area contributed by atoms with Crippen molar-refractivity contribution >= 4 is 8.30 Å². The Morgan fingerprint density at radius 1 is 1.32 bits per heavy atom. The maximum atomic E-state index is 8.93. The predicted molar refractivity (Wildman–Crippen MR) is 101 cm³/mol. The zero-order valence-corrected chi connectivity index (χ0v) is 17.6. The van der Waals surface area contributed by atoms with E-state index in [1.54, 1.807) is 7.11 Å². The van der Waals surface area contributed by atoms with Crippen LogP contribution in [-0.4, -0.2) is 55.4 Å². The van der Waals surface area contributed by atoms with Crippen LogP contribution in [0.5, 0.6) is 0 Å². The molecule has 1 saturated heterocycles. The normalized spacial score (nSPS) is 32.7. The minimum Gasteiger partial charge on any atom is -0.384 e. The molecule has 0 spiro atoms. The highest BCUT2D eigenvalue weighted by Gasteiger charge is 2.60. The molecule has 5 unspecified atom stereocenters. The highest BCUT2D eigenvalue weighted by molar-refractivity contribution is 7.50. The average Bonchev–Trinajstić information content (AvgIpc) is 2.97. The van der Waals surface area contributed by atoms with Gasteiger partial charge in [-0.1, -0.05) is 6.92 Å². The van der Waals surface area contributed by atoms with Gasteiger partial charge in [-0.3, -0.25) is 4.67 Å². The van der Waals surface area contributed by atoms with Crippen molar-refractivity contribution < 1.29 is 14.0 Å². The number of unbranched alkanes of at least 4 members (excludes halogenated alkanes) is 1. The van der Waals surface area contributed by atoms with Gasteiger partial charge in [0.1, 0.15) is 8.30 Å². The lowest BCUT2D eigenvalue weighted by Gasteiger charge is -2.40. The largest absolute Gasteiger partial charge is 0.384 e. The summed E-state index contributed by atoms with van der Waals surface area (Å²) < 4.78 is 21.0. The number of nitrogens with zero attached hydrogens (tertiary/aromatic N) is 2. The summed E-state index contributed by atoms with van der Waals surface area (Å²) in [5, 5.41) is 8.93. The van der Waals surface area contributed by atoms with E-state index in [0.29, 0.717) is 31.0 Å². The van der Waals surface area contributed by atoms with E-state index in [4.69, 9.17) is 19.3 Å². The van der Waals surface area contributed by atoms with Crippen LogP contribution in [0.3, 0.4) is 0 Å². The Bertz CT molecular complexity index is 460. The fourth-order valence-electron chi connectivity index (χ4n) is 4.58. The van der Waals surface area contributed by atoms with E-state index in [1.165, 1.54) is 0 Å². The Morgan fingerprint density at radius 3 is 2.52 bits per heavy atom. The first-order valence-electron chi connectivity index (χ1n) is 9.56. The highest BCUT2D eigenvalue weighted by atomic mass is 31.2. The molecule has 6 heteroatoms. The molecule has 1 saturated carbocycles. The second kappa shape index (κ2) is 9.11. The third-order valence-electron chi connectivity index (χ3n) is 5.38. The molecule has 144 valence electrons. The summed E-state index contributed by atoms with van der Waals surface area (Å²) in [7, 11) is 1.02. The van der Waals surface area contributed by atoms with Crippen LogP contribution in [0, 0.1) is 22.7 Å². The van der Waals surface area contributed by atoms with Crippen LogP contribution >= 0.6 is 8.30 Å². The maximum absolute atomic E-state index is 8.93. The summed E-state index contributed by atoms with van der Waals surface area (Å²) in [6, 6.07) is 3.11. The van der Waals surface area contributed by atoms with Crippen molar-refractivity contribution in [2.75, 3.05) is 26.5 Å². The Labute approximate surface area is 154 Å². The summed E-state index contributed by atoms with van der Waals surface area (Å²) in [4.78, 5) is 0. The van der Waals surface area contributed by atoms with Crippen molar-refractivity contribution in [1.82, 2.24) is 4.67 Å². The Morgan fingerprint density at radius 2 is 2.00 bits per heavy atom. The van der Waals surface area contributed by atoms with Gasteiger partial charge < -0.3 is 14.0 Å². The fourth-order valence-corrected chi connectivity index (χ4v) is 7.09. The predicted octanol–water partition coefficient (Wildman–Crippen LogP) is 4.18. The number of hydrogen-bond donors (Lipinski definition) is 0. The van der Waals surface area contributed by atoms with E-state index in [9.17, 15) is 0 Å². The second-order valence-electron chi connectivity index (χ2n) is 8.18. The SMILES string of the molecule is COCC12COC(C(C)C1)C2OP(CCCC#N)N(C(C)C)C(C)C. The van der Waals surface area contributed by atoms with Crippen molar-refractivity contribution in [1.29, 1.82) is 5.26 Å². The van der Waals surface area contributed by atoms with Crippen molar-refractivity contribution in [2.24, 2.45) is 11.3 Å². The molecule has 0 radical (unpaired) electrons. The van der Waals surface area contributed by atoms with Gasteiger partial charge in [-0.15, -0.1) is 0 Å². The minimum atomic E-state index is -0.754. The molecule has 5 nitrogen and oxygen atoms in total. The Kier molecular flexibility index (Phi) is 7.67. The molecule has 25 heavy (non-hydrogen) atoms. The molecular formula is C19H35N2O3P. The second-order valence-corrected chi connectivity index (χ2v) is 10.0. The van der Waals surface area contributed by atoms with E-state index in [-0.39, 0.29) is 17.6 Å². The van der Waals surface area contributed by atoms with Gasteiger partial charge in [0.05, 0.1) is 31.5 Å². The smallest absolute Gasteiger partial charge is 0.105 e. The molecule has 1 aliphatic carbocycles. The molecule has 2 fully saturated rings. The van der Waals surface area contributed by atoms with Crippen molar-refractivity contribution in [3.63, 3.8) is 0 Å². The first-order valence-corrected chi connectivity index (χ1v) is 11.0. The maximum Gasteiger partial charge on any atom is 0.105 e.